The molecule has 1 aliphatic rings. The van der Waals surface area contributed by atoms with E-state index in [0.717, 1.165) is 38.5 Å². The number of fused-ring (bicyclic) bond motifs is 1. The highest BCUT2D eigenvalue weighted by Crippen LogP contribution is 2.13. The van der Waals surface area contributed by atoms with Gasteiger partial charge in [0.1, 0.15) is 12.2 Å². The summed E-state index contributed by atoms with van der Waals surface area (Å²) in [5.41, 5.74) is 0. The molecule has 0 fully saturated rings. The van der Waals surface area contributed by atoms with Gasteiger partial charge in [-0.05, 0) is 19.4 Å². The highest BCUT2D eigenvalue weighted by molar-refractivity contribution is 4.91. The van der Waals surface area contributed by atoms with Crippen molar-refractivity contribution < 1.29 is 0 Å². The van der Waals surface area contributed by atoms with Gasteiger partial charge in [-0.25, -0.2) is 0 Å². The second-order valence-electron chi connectivity index (χ2n) is 4.68. The molecular weight excluding hydrogens is 214 g/mol. The Kier molecular flexibility index (Phi) is 4.50. The van der Waals surface area contributed by atoms with E-state index in [1.54, 1.807) is 0 Å². The molecular formula is C12H23N5. The van der Waals surface area contributed by atoms with E-state index in [1.165, 1.54) is 12.8 Å². The van der Waals surface area contributed by atoms with Crippen LogP contribution in [0.4, 0.5) is 0 Å². The standard InChI is InChI=1S/C12H23N5/c1-3-5-13-8-11(4-2)16-6-7-17-10-14-15-12(17)9-16/h10-11,13H,3-9H2,1-2H3. The fraction of sp³-hybridized carbons (Fsp3) is 0.833. The summed E-state index contributed by atoms with van der Waals surface area (Å²) in [5.74, 6) is 1.10. The average molecular weight is 237 g/mol. The molecule has 0 saturated carbocycles. The van der Waals surface area contributed by atoms with Crippen molar-refractivity contribution in [2.75, 3.05) is 19.6 Å². The molecule has 0 spiro atoms. The summed E-state index contributed by atoms with van der Waals surface area (Å²) < 4.78 is 2.16. The van der Waals surface area contributed by atoms with Crippen molar-refractivity contribution in [1.29, 1.82) is 0 Å². The van der Waals surface area contributed by atoms with Crippen LogP contribution in [0, 0.1) is 0 Å². The Bertz CT molecular complexity index is 335. The third-order valence-corrected chi connectivity index (χ3v) is 3.46. The van der Waals surface area contributed by atoms with E-state index >= 15 is 0 Å². The Hall–Kier alpha value is -0.940. The number of rotatable bonds is 6. The van der Waals surface area contributed by atoms with Crippen molar-refractivity contribution in [3.8, 4) is 0 Å². The lowest BCUT2D eigenvalue weighted by atomic mass is 10.1. The molecule has 2 heterocycles. The summed E-state index contributed by atoms with van der Waals surface area (Å²) >= 11 is 0. The quantitative estimate of drug-likeness (QED) is 0.746. The molecule has 2 rings (SSSR count). The molecule has 1 aliphatic heterocycles. The van der Waals surface area contributed by atoms with Crippen molar-refractivity contribution in [2.24, 2.45) is 0 Å². The van der Waals surface area contributed by atoms with Gasteiger partial charge < -0.3 is 9.88 Å². The van der Waals surface area contributed by atoms with Crippen LogP contribution in [-0.4, -0.2) is 45.3 Å². The van der Waals surface area contributed by atoms with Crippen LogP contribution in [0.25, 0.3) is 0 Å². The van der Waals surface area contributed by atoms with Gasteiger partial charge in [0, 0.05) is 25.7 Å². The molecule has 1 atom stereocenters. The number of hydrogen-bond donors (Lipinski definition) is 1. The van der Waals surface area contributed by atoms with Crippen molar-refractivity contribution in [3.05, 3.63) is 12.2 Å². The Morgan fingerprint density at radius 1 is 1.41 bits per heavy atom. The Morgan fingerprint density at radius 2 is 2.29 bits per heavy atom. The van der Waals surface area contributed by atoms with Gasteiger partial charge in [0.05, 0.1) is 6.54 Å². The van der Waals surface area contributed by atoms with E-state index in [4.69, 9.17) is 0 Å². The molecule has 1 aromatic heterocycles. The van der Waals surface area contributed by atoms with E-state index in [1.807, 2.05) is 6.33 Å². The number of nitrogens with one attached hydrogen (secondary N) is 1. The fourth-order valence-electron chi connectivity index (χ4n) is 2.37. The van der Waals surface area contributed by atoms with Crippen LogP contribution in [0.15, 0.2) is 6.33 Å². The first-order valence-corrected chi connectivity index (χ1v) is 6.66. The number of nitrogens with zero attached hydrogens (tertiary/aromatic N) is 4. The molecule has 0 aliphatic carbocycles. The van der Waals surface area contributed by atoms with Crippen LogP contribution < -0.4 is 5.32 Å². The summed E-state index contributed by atoms with van der Waals surface area (Å²) in [5, 5.41) is 11.7. The average Bonchev–Trinajstić information content (AvgIpc) is 2.82. The maximum Gasteiger partial charge on any atom is 0.147 e. The second-order valence-corrected chi connectivity index (χ2v) is 4.68. The topological polar surface area (TPSA) is 46.0 Å². The fourth-order valence-corrected chi connectivity index (χ4v) is 2.37. The zero-order chi connectivity index (χ0) is 12.1. The molecule has 0 radical (unpaired) electrons. The van der Waals surface area contributed by atoms with Gasteiger partial charge in [-0.2, -0.15) is 0 Å². The van der Waals surface area contributed by atoms with Gasteiger partial charge in [0.25, 0.3) is 0 Å². The van der Waals surface area contributed by atoms with Gasteiger partial charge in [-0.15, -0.1) is 10.2 Å². The van der Waals surface area contributed by atoms with Crippen molar-refractivity contribution >= 4 is 0 Å². The van der Waals surface area contributed by atoms with Gasteiger partial charge in [0.15, 0.2) is 0 Å². The smallest absolute Gasteiger partial charge is 0.147 e. The summed E-state index contributed by atoms with van der Waals surface area (Å²) in [7, 11) is 0. The maximum atomic E-state index is 4.17. The summed E-state index contributed by atoms with van der Waals surface area (Å²) in [4.78, 5) is 2.52. The second kappa shape index (κ2) is 6.12. The lowest BCUT2D eigenvalue weighted by Gasteiger charge is -2.34. The monoisotopic (exact) mass is 237 g/mol. The lowest BCUT2D eigenvalue weighted by molar-refractivity contribution is 0.145. The van der Waals surface area contributed by atoms with Crippen LogP contribution in [-0.2, 0) is 13.1 Å². The molecule has 0 bridgehead atoms. The first kappa shape index (κ1) is 12.5. The van der Waals surface area contributed by atoms with Crippen molar-refractivity contribution in [2.45, 2.75) is 45.8 Å². The molecule has 0 amide bonds. The molecule has 0 aromatic carbocycles. The Balaban J connectivity index is 1.88. The van der Waals surface area contributed by atoms with E-state index < -0.39 is 0 Å². The maximum absolute atomic E-state index is 4.17. The lowest BCUT2D eigenvalue weighted by Crippen LogP contribution is -2.45. The van der Waals surface area contributed by atoms with Gasteiger partial charge in [-0.1, -0.05) is 13.8 Å². The molecule has 1 aromatic rings. The summed E-state index contributed by atoms with van der Waals surface area (Å²) in [6, 6.07) is 0.618. The molecule has 5 heteroatoms. The first-order valence-electron chi connectivity index (χ1n) is 6.66. The highest BCUT2D eigenvalue weighted by Gasteiger charge is 2.22. The molecule has 17 heavy (non-hydrogen) atoms. The minimum absolute atomic E-state index is 0.618. The molecule has 5 nitrogen and oxygen atoms in total. The van der Waals surface area contributed by atoms with Crippen LogP contribution in [0.1, 0.15) is 32.5 Å². The van der Waals surface area contributed by atoms with Crippen LogP contribution in [0.3, 0.4) is 0 Å². The molecule has 0 saturated heterocycles. The predicted octanol–water partition coefficient (Wildman–Crippen LogP) is 0.872. The van der Waals surface area contributed by atoms with Crippen LogP contribution in [0.2, 0.25) is 0 Å². The minimum atomic E-state index is 0.618. The predicted molar refractivity (Wildman–Crippen MR) is 67.7 cm³/mol. The van der Waals surface area contributed by atoms with Crippen LogP contribution in [0.5, 0.6) is 0 Å². The zero-order valence-electron chi connectivity index (χ0n) is 10.9. The van der Waals surface area contributed by atoms with Gasteiger partial charge in [-0.3, -0.25) is 4.90 Å². The van der Waals surface area contributed by atoms with E-state index in [0.29, 0.717) is 6.04 Å². The SMILES string of the molecule is CCCNCC(CC)N1CCn2cnnc2C1. The number of hydrogen-bond acceptors (Lipinski definition) is 4. The third-order valence-electron chi connectivity index (χ3n) is 3.46. The van der Waals surface area contributed by atoms with E-state index in [-0.39, 0.29) is 0 Å². The van der Waals surface area contributed by atoms with E-state index in [9.17, 15) is 0 Å². The molecule has 96 valence electrons. The molecule has 1 N–H and O–H groups in total. The third kappa shape index (κ3) is 3.04. The summed E-state index contributed by atoms with van der Waals surface area (Å²) in [6.07, 6.45) is 4.22. The highest BCUT2D eigenvalue weighted by atomic mass is 15.3. The van der Waals surface area contributed by atoms with Gasteiger partial charge >= 0.3 is 0 Å². The van der Waals surface area contributed by atoms with Crippen molar-refractivity contribution in [1.82, 2.24) is 25.0 Å². The largest absolute Gasteiger partial charge is 0.315 e. The number of aromatic nitrogens is 3. The van der Waals surface area contributed by atoms with Gasteiger partial charge in [0.2, 0.25) is 0 Å². The first-order chi connectivity index (χ1) is 8.35. The van der Waals surface area contributed by atoms with E-state index in [2.05, 4.69) is 38.8 Å². The van der Waals surface area contributed by atoms with Crippen LogP contribution >= 0.6 is 0 Å². The normalized spacial score (nSPS) is 18.0. The Morgan fingerprint density at radius 3 is 3.06 bits per heavy atom. The Labute approximate surface area is 103 Å². The molecule has 1 unspecified atom stereocenters. The summed E-state index contributed by atoms with van der Waals surface area (Å²) in [6.45, 7) is 9.73. The van der Waals surface area contributed by atoms with Crippen molar-refractivity contribution in [3.63, 3.8) is 0 Å². The zero-order valence-corrected chi connectivity index (χ0v) is 10.9. The minimum Gasteiger partial charge on any atom is -0.315 e.